The van der Waals surface area contributed by atoms with Crippen molar-refractivity contribution in [2.75, 3.05) is 0 Å². The predicted octanol–water partition coefficient (Wildman–Crippen LogP) is 7.72. The number of amides is 1. The Kier molecular flexibility index (Phi) is 8.44. The van der Waals surface area contributed by atoms with Gasteiger partial charge in [-0.05, 0) is 105 Å². The van der Waals surface area contributed by atoms with Crippen molar-refractivity contribution < 1.29 is 4.79 Å². The highest BCUT2D eigenvalue weighted by atomic mass is 79.9. The number of allylic oxidation sites excluding steroid dienone is 2. The van der Waals surface area contributed by atoms with E-state index in [1.807, 2.05) is 0 Å². The lowest BCUT2D eigenvalue weighted by Gasteiger charge is -2.40. The Morgan fingerprint density at radius 1 is 1.14 bits per heavy atom. The summed E-state index contributed by atoms with van der Waals surface area (Å²) in [6, 6.07) is 15.2. The van der Waals surface area contributed by atoms with Crippen LogP contribution in [0.3, 0.4) is 0 Å². The van der Waals surface area contributed by atoms with E-state index in [1.54, 1.807) is 0 Å². The minimum Gasteiger partial charge on any atom is -0.368 e. The molecule has 0 spiro atoms. The average molecular weight is 550 g/mol. The summed E-state index contributed by atoms with van der Waals surface area (Å²) in [5.74, 6) is 1.08. The third-order valence-electron chi connectivity index (χ3n) is 8.39. The molecule has 2 aliphatic carbocycles. The van der Waals surface area contributed by atoms with E-state index in [0.29, 0.717) is 18.4 Å². The quantitative estimate of drug-likeness (QED) is 0.295. The van der Waals surface area contributed by atoms with Crippen LogP contribution in [0.5, 0.6) is 0 Å². The number of rotatable bonds is 12. The fourth-order valence-electron chi connectivity index (χ4n) is 5.99. The second-order valence-corrected chi connectivity index (χ2v) is 11.5. The lowest BCUT2D eigenvalue weighted by Crippen LogP contribution is -2.50. The summed E-state index contributed by atoms with van der Waals surface area (Å²) in [6.07, 6.45) is 6.19. The second-order valence-electron chi connectivity index (χ2n) is 10.7. The summed E-state index contributed by atoms with van der Waals surface area (Å²) >= 11 is 3.95. The van der Waals surface area contributed by atoms with Gasteiger partial charge in [-0.2, -0.15) is 0 Å². The molecule has 3 nitrogen and oxygen atoms in total. The van der Waals surface area contributed by atoms with E-state index in [9.17, 15) is 4.79 Å². The van der Waals surface area contributed by atoms with Gasteiger partial charge in [-0.25, -0.2) is 0 Å². The highest BCUT2D eigenvalue weighted by Crippen LogP contribution is 2.46. The summed E-state index contributed by atoms with van der Waals surface area (Å²) < 4.78 is 1.18. The lowest BCUT2D eigenvalue weighted by atomic mass is 9.80. The fraction of sp³-hybridized carbons (Fsp3) is 0.469. The smallest absolute Gasteiger partial charge is 0.240 e. The van der Waals surface area contributed by atoms with E-state index < -0.39 is 0 Å². The first-order chi connectivity index (χ1) is 17.3. The Morgan fingerprint density at radius 2 is 1.86 bits per heavy atom. The van der Waals surface area contributed by atoms with Gasteiger partial charge in [0.1, 0.15) is 6.04 Å². The van der Waals surface area contributed by atoms with Crippen LogP contribution >= 0.6 is 15.9 Å². The SMILES string of the molecule is C=C(CC)N(Cc1ccc2c(c1)C(Br)=C(c1ccccc1CC)C2)C(C(N)=O)C(C(C)CC)C1CC1. The highest BCUT2D eigenvalue weighted by Gasteiger charge is 2.44. The topological polar surface area (TPSA) is 46.3 Å². The summed E-state index contributed by atoms with van der Waals surface area (Å²) in [5, 5.41) is 0. The molecule has 1 amide bonds. The van der Waals surface area contributed by atoms with Crippen molar-refractivity contribution in [3.8, 4) is 0 Å². The third-order valence-corrected chi connectivity index (χ3v) is 9.30. The van der Waals surface area contributed by atoms with E-state index in [4.69, 9.17) is 5.73 Å². The van der Waals surface area contributed by atoms with Crippen LogP contribution < -0.4 is 5.73 Å². The number of carbonyl (C=O) groups is 1. The van der Waals surface area contributed by atoms with Crippen LogP contribution in [-0.4, -0.2) is 16.8 Å². The number of halogens is 1. The van der Waals surface area contributed by atoms with E-state index >= 15 is 0 Å². The van der Waals surface area contributed by atoms with Gasteiger partial charge < -0.3 is 10.6 Å². The Bertz CT molecular complexity index is 1160. The van der Waals surface area contributed by atoms with Crippen molar-refractivity contribution in [1.29, 1.82) is 0 Å². The first-order valence-corrected chi connectivity index (χ1v) is 14.4. The summed E-state index contributed by atoms with van der Waals surface area (Å²) in [6.45, 7) is 13.8. The first-order valence-electron chi connectivity index (χ1n) is 13.6. The van der Waals surface area contributed by atoms with Gasteiger partial charge in [0.15, 0.2) is 0 Å². The number of hydrogen-bond acceptors (Lipinski definition) is 2. The van der Waals surface area contributed by atoms with E-state index in [1.165, 1.54) is 50.7 Å². The molecule has 0 aliphatic heterocycles. The number of benzene rings is 2. The number of fused-ring (bicyclic) bond motifs is 1. The zero-order chi connectivity index (χ0) is 26.0. The third kappa shape index (κ3) is 5.34. The molecule has 36 heavy (non-hydrogen) atoms. The van der Waals surface area contributed by atoms with Gasteiger partial charge in [0, 0.05) is 16.7 Å². The van der Waals surface area contributed by atoms with Crippen LogP contribution in [0.15, 0.2) is 54.7 Å². The number of primary amides is 1. The molecule has 2 N–H and O–H groups in total. The van der Waals surface area contributed by atoms with Crippen LogP contribution in [0.1, 0.15) is 81.2 Å². The number of carbonyl (C=O) groups excluding carboxylic acids is 1. The Hall–Kier alpha value is -2.33. The number of nitrogens with two attached hydrogens (primary N) is 1. The minimum atomic E-state index is -0.320. The molecule has 2 aromatic carbocycles. The molecular weight excluding hydrogens is 508 g/mol. The monoisotopic (exact) mass is 548 g/mol. The van der Waals surface area contributed by atoms with Gasteiger partial charge in [0.2, 0.25) is 5.91 Å². The van der Waals surface area contributed by atoms with Gasteiger partial charge >= 0.3 is 0 Å². The molecule has 3 atom stereocenters. The molecule has 2 aromatic rings. The van der Waals surface area contributed by atoms with Gasteiger partial charge in [0.25, 0.3) is 0 Å². The molecule has 0 aromatic heterocycles. The van der Waals surface area contributed by atoms with Crippen LogP contribution in [0.4, 0.5) is 0 Å². The zero-order valence-electron chi connectivity index (χ0n) is 22.3. The van der Waals surface area contributed by atoms with Crippen molar-refractivity contribution >= 4 is 31.9 Å². The molecular formula is C32H41BrN2O. The molecule has 4 heteroatoms. The maximum Gasteiger partial charge on any atom is 0.240 e. The maximum absolute atomic E-state index is 13.0. The molecule has 3 unspecified atom stereocenters. The molecule has 4 rings (SSSR count). The molecule has 0 saturated heterocycles. The first kappa shape index (κ1) is 26.7. The summed E-state index contributed by atoms with van der Waals surface area (Å²) in [5.41, 5.74) is 15.0. The Morgan fingerprint density at radius 3 is 2.47 bits per heavy atom. The van der Waals surface area contributed by atoms with Gasteiger partial charge in [-0.1, -0.05) is 77.1 Å². The van der Waals surface area contributed by atoms with Crippen LogP contribution in [-0.2, 0) is 24.2 Å². The maximum atomic E-state index is 13.0. The van der Waals surface area contributed by atoms with Crippen molar-refractivity contribution in [3.63, 3.8) is 0 Å². The van der Waals surface area contributed by atoms with Crippen molar-refractivity contribution in [3.05, 3.63) is 82.6 Å². The van der Waals surface area contributed by atoms with Crippen LogP contribution in [0, 0.1) is 17.8 Å². The molecule has 192 valence electrons. The van der Waals surface area contributed by atoms with E-state index in [-0.39, 0.29) is 17.9 Å². The van der Waals surface area contributed by atoms with Crippen molar-refractivity contribution in [2.24, 2.45) is 23.5 Å². The number of aryl methyl sites for hydroxylation is 1. The van der Waals surface area contributed by atoms with Gasteiger partial charge in [-0.15, -0.1) is 0 Å². The number of hydrogen-bond donors (Lipinski definition) is 1. The van der Waals surface area contributed by atoms with Crippen molar-refractivity contribution in [1.82, 2.24) is 4.90 Å². The zero-order valence-corrected chi connectivity index (χ0v) is 23.9. The summed E-state index contributed by atoms with van der Waals surface area (Å²) in [4.78, 5) is 15.2. The normalized spacial score (nSPS) is 17.5. The fourth-order valence-corrected chi connectivity index (χ4v) is 6.71. The molecule has 0 heterocycles. The second kappa shape index (κ2) is 11.4. The molecule has 0 bridgehead atoms. The number of nitrogens with zero attached hydrogens (tertiary/aromatic N) is 1. The van der Waals surface area contributed by atoms with E-state index in [0.717, 1.165) is 31.4 Å². The predicted molar refractivity (Wildman–Crippen MR) is 155 cm³/mol. The Labute approximate surface area is 226 Å². The molecule has 0 radical (unpaired) electrons. The minimum absolute atomic E-state index is 0.220. The lowest BCUT2D eigenvalue weighted by molar-refractivity contribution is -0.126. The summed E-state index contributed by atoms with van der Waals surface area (Å²) in [7, 11) is 0. The van der Waals surface area contributed by atoms with Gasteiger partial charge in [0.05, 0.1) is 0 Å². The average Bonchev–Trinajstić information content (AvgIpc) is 3.68. The largest absolute Gasteiger partial charge is 0.368 e. The molecule has 1 fully saturated rings. The van der Waals surface area contributed by atoms with E-state index in [2.05, 4.69) is 97.6 Å². The molecule has 1 saturated carbocycles. The van der Waals surface area contributed by atoms with Crippen LogP contribution in [0.2, 0.25) is 0 Å². The highest BCUT2D eigenvalue weighted by molar-refractivity contribution is 9.15. The Balaban J connectivity index is 1.68. The van der Waals surface area contributed by atoms with Gasteiger partial charge in [-0.3, -0.25) is 4.79 Å². The van der Waals surface area contributed by atoms with Crippen LogP contribution in [0.25, 0.3) is 10.1 Å². The molecule has 2 aliphatic rings. The standard InChI is InChI=1S/C32H41BrN2O/c1-6-20(4)29(24-15-16-24)31(32(34)36)35(21(5)7-2)19-22-13-14-25-18-28(30(33)27(25)17-22)26-12-10-9-11-23(26)8-3/h9-14,17,20,24,29,31H,5-8,15-16,18-19H2,1-4H3,(H2,34,36). The van der Waals surface area contributed by atoms with Crippen molar-refractivity contribution in [2.45, 2.75) is 78.8 Å².